The van der Waals surface area contributed by atoms with Crippen LogP contribution in [-0.2, 0) is 9.59 Å². The van der Waals surface area contributed by atoms with Gasteiger partial charge in [-0.3, -0.25) is 9.59 Å². The lowest BCUT2D eigenvalue weighted by atomic mass is 10.1. The molecule has 0 aliphatic heterocycles. The molecule has 2 rings (SSSR count). The number of benzene rings is 1. The molecular formula is C16H17N3O2S. The maximum Gasteiger partial charge on any atom is 0.329 e. The van der Waals surface area contributed by atoms with E-state index >= 15 is 0 Å². The van der Waals surface area contributed by atoms with Crippen molar-refractivity contribution in [3.8, 4) is 0 Å². The van der Waals surface area contributed by atoms with Crippen LogP contribution in [0.25, 0.3) is 0 Å². The molecule has 6 heteroatoms. The minimum Gasteiger partial charge on any atom is -0.317 e. The van der Waals surface area contributed by atoms with E-state index in [0.717, 1.165) is 16.0 Å². The van der Waals surface area contributed by atoms with Crippen LogP contribution in [-0.4, -0.2) is 17.5 Å². The second kappa shape index (κ2) is 7.00. The molecule has 0 spiro atoms. The van der Waals surface area contributed by atoms with Gasteiger partial charge in [0.1, 0.15) is 0 Å². The molecule has 0 saturated carbocycles. The van der Waals surface area contributed by atoms with Crippen molar-refractivity contribution < 1.29 is 9.59 Å². The van der Waals surface area contributed by atoms with Crippen LogP contribution in [0.1, 0.15) is 22.9 Å². The third-order valence-electron chi connectivity index (χ3n) is 3.05. The van der Waals surface area contributed by atoms with E-state index in [2.05, 4.69) is 15.8 Å². The quantitative estimate of drug-likeness (QED) is 0.519. The Kier molecular flexibility index (Phi) is 5.06. The Hall–Kier alpha value is -2.47. The van der Waals surface area contributed by atoms with Crippen LogP contribution >= 0.6 is 11.3 Å². The van der Waals surface area contributed by atoms with Crippen LogP contribution < -0.4 is 10.7 Å². The lowest BCUT2D eigenvalue weighted by Gasteiger charge is -2.08. The Morgan fingerprint density at radius 3 is 2.59 bits per heavy atom. The van der Waals surface area contributed by atoms with Crippen LogP contribution in [0.15, 0.2) is 40.8 Å². The van der Waals surface area contributed by atoms with Crippen molar-refractivity contribution in [1.29, 1.82) is 0 Å². The molecule has 0 unspecified atom stereocenters. The fourth-order valence-corrected chi connectivity index (χ4v) is 2.45. The van der Waals surface area contributed by atoms with Crippen LogP contribution in [0.3, 0.4) is 0 Å². The number of hydrazone groups is 1. The standard InChI is InChI=1S/C16H17N3O2S/c1-10-6-7-11(2)13(9-10)17-15(20)16(21)19-18-12(3)14-5-4-8-22-14/h4-9H,1-3H3,(H,17,20)(H,19,21)/b18-12+. The number of rotatable bonds is 3. The van der Waals surface area contributed by atoms with Crippen molar-refractivity contribution in [3.63, 3.8) is 0 Å². The SMILES string of the molecule is C/C(=N\NC(=O)C(=O)Nc1cc(C)ccc1C)c1cccs1. The van der Waals surface area contributed by atoms with Gasteiger partial charge in [0.05, 0.1) is 5.71 Å². The van der Waals surface area contributed by atoms with Gasteiger partial charge in [-0.05, 0) is 49.4 Å². The van der Waals surface area contributed by atoms with Gasteiger partial charge in [0.15, 0.2) is 0 Å². The summed E-state index contributed by atoms with van der Waals surface area (Å²) < 4.78 is 0. The maximum atomic E-state index is 11.9. The Labute approximate surface area is 133 Å². The summed E-state index contributed by atoms with van der Waals surface area (Å²) in [5, 5.41) is 8.45. The fourth-order valence-electron chi connectivity index (χ4n) is 1.77. The number of nitrogens with zero attached hydrogens (tertiary/aromatic N) is 1. The first-order chi connectivity index (χ1) is 10.5. The molecule has 0 fully saturated rings. The highest BCUT2D eigenvalue weighted by Crippen LogP contribution is 2.16. The zero-order valence-electron chi connectivity index (χ0n) is 12.6. The second-order valence-electron chi connectivity index (χ2n) is 4.89. The maximum absolute atomic E-state index is 11.9. The first-order valence-electron chi connectivity index (χ1n) is 6.74. The summed E-state index contributed by atoms with van der Waals surface area (Å²) in [4.78, 5) is 24.6. The fraction of sp³-hybridized carbons (Fsp3) is 0.188. The number of hydrogen-bond acceptors (Lipinski definition) is 4. The summed E-state index contributed by atoms with van der Waals surface area (Å²) in [5.74, 6) is -1.53. The lowest BCUT2D eigenvalue weighted by molar-refractivity contribution is -0.136. The molecule has 2 aromatic rings. The number of amides is 2. The highest BCUT2D eigenvalue weighted by Gasteiger charge is 2.14. The third-order valence-corrected chi connectivity index (χ3v) is 4.03. The average Bonchev–Trinajstić information content (AvgIpc) is 3.02. The van der Waals surface area contributed by atoms with Crippen LogP contribution in [0.4, 0.5) is 5.69 Å². The van der Waals surface area contributed by atoms with Gasteiger partial charge in [0.25, 0.3) is 0 Å². The molecule has 1 aromatic carbocycles. The molecular weight excluding hydrogens is 298 g/mol. The van der Waals surface area contributed by atoms with Crippen molar-refractivity contribution in [1.82, 2.24) is 5.43 Å². The summed E-state index contributed by atoms with van der Waals surface area (Å²) in [7, 11) is 0. The number of anilines is 1. The molecule has 0 bridgehead atoms. The number of hydrogen-bond donors (Lipinski definition) is 2. The molecule has 2 amide bonds. The number of nitrogens with one attached hydrogen (secondary N) is 2. The van der Waals surface area contributed by atoms with Crippen molar-refractivity contribution in [2.75, 3.05) is 5.32 Å². The molecule has 2 N–H and O–H groups in total. The number of carbonyl (C=O) groups excluding carboxylic acids is 2. The summed E-state index contributed by atoms with van der Waals surface area (Å²) >= 11 is 1.51. The predicted octanol–water partition coefficient (Wildman–Crippen LogP) is 2.84. The summed E-state index contributed by atoms with van der Waals surface area (Å²) in [6.07, 6.45) is 0. The molecule has 5 nitrogen and oxygen atoms in total. The minimum atomic E-state index is -0.795. The predicted molar refractivity (Wildman–Crippen MR) is 89.2 cm³/mol. The van der Waals surface area contributed by atoms with Gasteiger partial charge >= 0.3 is 11.8 Å². The monoisotopic (exact) mass is 315 g/mol. The molecule has 0 aliphatic carbocycles. The van der Waals surface area contributed by atoms with E-state index in [1.165, 1.54) is 11.3 Å². The van der Waals surface area contributed by atoms with E-state index in [9.17, 15) is 9.59 Å². The van der Waals surface area contributed by atoms with E-state index in [1.54, 1.807) is 6.92 Å². The van der Waals surface area contributed by atoms with Crippen LogP contribution in [0.2, 0.25) is 0 Å². The minimum absolute atomic E-state index is 0.624. The first-order valence-corrected chi connectivity index (χ1v) is 7.62. The molecule has 114 valence electrons. The highest BCUT2D eigenvalue weighted by atomic mass is 32.1. The summed E-state index contributed by atoms with van der Waals surface area (Å²) in [6.45, 7) is 5.56. The van der Waals surface area contributed by atoms with E-state index in [1.807, 2.05) is 49.6 Å². The van der Waals surface area contributed by atoms with E-state index < -0.39 is 11.8 Å². The zero-order chi connectivity index (χ0) is 16.1. The Bertz CT molecular complexity index is 721. The van der Waals surface area contributed by atoms with Gasteiger partial charge in [-0.2, -0.15) is 5.10 Å². The highest BCUT2D eigenvalue weighted by molar-refractivity contribution is 7.12. The van der Waals surface area contributed by atoms with Gasteiger partial charge < -0.3 is 5.32 Å². The smallest absolute Gasteiger partial charge is 0.317 e. The Balaban J connectivity index is 1.99. The van der Waals surface area contributed by atoms with Gasteiger partial charge in [0, 0.05) is 10.6 Å². The van der Waals surface area contributed by atoms with Crippen LogP contribution in [0, 0.1) is 13.8 Å². The summed E-state index contributed by atoms with van der Waals surface area (Å²) in [5.41, 5.74) is 5.45. The molecule has 0 aliphatic rings. The van der Waals surface area contributed by atoms with Crippen molar-refractivity contribution >= 4 is 34.6 Å². The number of thiophene rings is 1. The molecule has 1 heterocycles. The van der Waals surface area contributed by atoms with E-state index in [-0.39, 0.29) is 0 Å². The summed E-state index contributed by atoms with van der Waals surface area (Å²) in [6, 6.07) is 9.45. The molecule has 0 radical (unpaired) electrons. The van der Waals surface area contributed by atoms with Gasteiger partial charge in [-0.15, -0.1) is 11.3 Å². The molecule has 0 saturated heterocycles. The Morgan fingerprint density at radius 2 is 1.91 bits per heavy atom. The van der Waals surface area contributed by atoms with E-state index in [4.69, 9.17) is 0 Å². The van der Waals surface area contributed by atoms with Crippen molar-refractivity contribution in [2.45, 2.75) is 20.8 Å². The number of carbonyl (C=O) groups is 2. The average molecular weight is 315 g/mol. The van der Waals surface area contributed by atoms with Gasteiger partial charge in [0.2, 0.25) is 0 Å². The molecule has 22 heavy (non-hydrogen) atoms. The number of aryl methyl sites for hydroxylation is 2. The molecule has 0 atom stereocenters. The van der Waals surface area contributed by atoms with Crippen LogP contribution in [0.5, 0.6) is 0 Å². The first kappa shape index (κ1) is 15.9. The topological polar surface area (TPSA) is 70.6 Å². The van der Waals surface area contributed by atoms with Gasteiger partial charge in [-0.25, -0.2) is 5.43 Å². The zero-order valence-corrected chi connectivity index (χ0v) is 13.5. The van der Waals surface area contributed by atoms with Crippen molar-refractivity contribution in [3.05, 3.63) is 51.7 Å². The van der Waals surface area contributed by atoms with E-state index in [0.29, 0.717) is 11.4 Å². The lowest BCUT2D eigenvalue weighted by Crippen LogP contribution is -2.33. The normalized spacial score (nSPS) is 11.1. The molecule has 1 aromatic heterocycles. The second-order valence-corrected chi connectivity index (χ2v) is 5.84. The third kappa shape index (κ3) is 4.02. The Morgan fingerprint density at radius 1 is 1.14 bits per heavy atom. The largest absolute Gasteiger partial charge is 0.329 e. The van der Waals surface area contributed by atoms with Crippen molar-refractivity contribution in [2.24, 2.45) is 5.10 Å². The van der Waals surface area contributed by atoms with Gasteiger partial charge in [-0.1, -0.05) is 18.2 Å².